The molecular weight excluding hydrogens is 949 g/mol. The molecule has 22 nitrogen and oxygen atoms in total. The standard InChI is InChI=1S/C34H38N2O20S6/c1-33(2)28(36(12-6-14-58(42,43)44)25-15-20(32(37)38)16-27(31(25)33)62(54,55)56)7-4-8-29-34(3,19-59(45,46)47)30-23-17-21(60(48,49)50)18-26(61(51,52)53)22(23)9-10-24(30)35(29)11-5-13-57(39,40)41/h4,7-10,15-18H,5-6,11-14,19H2,1-3H3,(H6-,37,38,39,40,41,42,43,44,45,46,47,48,49,50,51,52,53,54,55,56)/p+1. The van der Waals surface area contributed by atoms with Gasteiger partial charge in [-0.3, -0.25) is 27.3 Å². The maximum Gasteiger partial charge on any atom is 0.335 e. The third kappa shape index (κ3) is 10.1. The molecule has 0 saturated heterocycles. The summed E-state index contributed by atoms with van der Waals surface area (Å²) in [5.41, 5.74) is -4.61. The van der Waals surface area contributed by atoms with Crippen LogP contribution in [0.15, 0.2) is 75.0 Å². The average Bonchev–Trinajstić information content (AvgIpc) is 3.43. The first-order chi connectivity index (χ1) is 28.0. The summed E-state index contributed by atoms with van der Waals surface area (Å²) in [6.45, 7) is 3.49. The molecule has 0 spiro atoms. The molecule has 2 aliphatic rings. The van der Waals surface area contributed by atoms with Crippen molar-refractivity contribution in [2.24, 2.45) is 0 Å². The van der Waals surface area contributed by atoms with E-state index in [4.69, 9.17) is 0 Å². The van der Waals surface area contributed by atoms with E-state index < -0.39 is 115 Å². The lowest BCUT2D eigenvalue weighted by Gasteiger charge is -2.27. The summed E-state index contributed by atoms with van der Waals surface area (Å²) in [5.74, 6) is -4.48. The largest absolute Gasteiger partial charge is 0.478 e. The fourth-order valence-electron chi connectivity index (χ4n) is 8.06. The Hall–Kier alpha value is -4.20. The summed E-state index contributed by atoms with van der Waals surface area (Å²) >= 11 is 0. The van der Waals surface area contributed by atoms with E-state index >= 15 is 0 Å². The van der Waals surface area contributed by atoms with Crippen molar-refractivity contribution in [2.45, 2.75) is 59.1 Å². The minimum absolute atomic E-state index is 0.0282. The van der Waals surface area contributed by atoms with Crippen molar-refractivity contribution in [1.29, 1.82) is 0 Å². The van der Waals surface area contributed by atoms with Gasteiger partial charge in [0.05, 0.1) is 27.7 Å². The van der Waals surface area contributed by atoms with Gasteiger partial charge >= 0.3 is 5.97 Å². The lowest BCUT2D eigenvalue weighted by molar-refractivity contribution is -0.437. The third-order valence-electron chi connectivity index (χ3n) is 10.3. The van der Waals surface area contributed by atoms with E-state index in [9.17, 15) is 87.7 Å². The number of fused-ring (bicyclic) bond motifs is 4. The van der Waals surface area contributed by atoms with Crippen LogP contribution in [-0.2, 0) is 71.5 Å². The second kappa shape index (κ2) is 16.1. The quantitative estimate of drug-likeness (QED) is 0.0799. The van der Waals surface area contributed by atoms with E-state index in [0.29, 0.717) is 6.07 Å². The lowest BCUT2D eigenvalue weighted by atomic mass is 9.78. The van der Waals surface area contributed by atoms with Crippen LogP contribution in [0, 0.1) is 0 Å². The van der Waals surface area contributed by atoms with Crippen molar-refractivity contribution in [1.82, 2.24) is 0 Å². The summed E-state index contributed by atoms with van der Waals surface area (Å²) in [7, 11) is -29.9. The molecule has 0 bridgehead atoms. The van der Waals surface area contributed by atoms with Gasteiger partial charge in [-0.05, 0) is 55.1 Å². The zero-order valence-electron chi connectivity index (χ0n) is 32.4. The van der Waals surface area contributed by atoms with Crippen molar-refractivity contribution in [3.8, 4) is 0 Å². The number of nitrogens with zero attached hydrogens (tertiary/aromatic N) is 2. The highest BCUT2D eigenvalue weighted by Gasteiger charge is 2.52. The molecule has 0 saturated carbocycles. The number of aromatic carboxylic acids is 1. The molecule has 340 valence electrons. The van der Waals surface area contributed by atoms with Crippen molar-refractivity contribution >= 4 is 94.5 Å². The Balaban J connectivity index is 1.85. The normalized spacial score (nSPS) is 19.2. The monoisotopic (exact) mass is 987 g/mol. The average molecular weight is 988 g/mol. The van der Waals surface area contributed by atoms with Gasteiger partial charge < -0.3 is 10.0 Å². The summed E-state index contributed by atoms with van der Waals surface area (Å²) < 4.78 is 209. The molecule has 1 unspecified atom stereocenters. The predicted octanol–water partition coefficient (Wildman–Crippen LogP) is 2.32. The fraction of sp³-hybridized carbons (Fsp3) is 0.353. The van der Waals surface area contributed by atoms with E-state index in [1.54, 1.807) is 0 Å². The Bertz CT molecular complexity index is 3230. The van der Waals surface area contributed by atoms with Gasteiger partial charge in [-0.1, -0.05) is 19.9 Å². The molecule has 3 aromatic rings. The van der Waals surface area contributed by atoms with E-state index in [0.717, 1.165) is 24.3 Å². The molecule has 0 radical (unpaired) electrons. The number of hydrogen-bond acceptors (Lipinski definition) is 14. The Labute approximate surface area is 356 Å². The molecule has 2 heterocycles. The number of carboxylic acid groups (broad SMARTS) is 1. The first-order valence-electron chi connectivity index (χ1n) is 17.6. The second-order valence-corrected chi connectivity index (χ2v) is 23.9. The summed E-state index contributed by atoms with van der Waals surface area (Å²) in [6.07, 6.45) is 3.10. The highest BCUT2D eigenvalue weighted by Crippen LogP contribution is 2.52. The molecule has 5 rings (SSSR count). The number of carboxylic acids is 1. The predicted molar refractivity (Wildman–Crippen MR) is 220 cm³/mol. The SMILES string of the molecule is CC1(CS(=O)(=O)O)C(/C=C/C=C2/N(CCCS(=O)(=O)O)c3cc(C(=O)O)cc(S(=O)(=O)O)c3C2(C)C)=[N+](CCCS(=O)(=O)O)c2ccc3c(S(=O)(=O)O)cc(S(=O)(=O)O)cc3c21. The van der Waals surface area contributed by atoms with E-state index in [1.807, 2.05) is 0 Å². The summed E-state index contributed by atoms with van der Waals surface area (Å²) in [4.78, 5) is 10.5. The van der Waals surface area contributed by atoms with E-state index in [2.05, 4.69) is 0 Å². The lowest BCUT2D eigenvalue weighted by Crippen LogP contribution is -2.38. The highest BCUT2D eigenvalue weighted by molar-refractivity contribution is 7.87. The smallest absolute Gasteiger partial charge is 0.335 e. The zero-order valence-corrected chi connectivity index (χ0v) is 37.3. The van der Waals surface area contributed by atoms with Crippen LogP contribution in [0.25, 0.3) is 10.8 Å². The molecule has 0 amide bonds. The molecular formula is C34H39N2O20S6+. The van der Waals surface area contributed by atoms with Crippen LogP contribution in [0.1, 0.15) is 55.1 Å². The van der Waals surface area contributed by atoms with Crippen molar-refractivity contribution in [2.75, 3.05) is 35.2 Å². The first-order valence-corrected chi connectivity index (χ1v) is 26.7. The number of anilines is 1. The number of hydrogen-bond donors (Lipinski definition) is 7. The molecule has 3 aromatic carbocycles. The Kier molecular flexibility index (Phi) is 12.7. The number of carbonyl (C=O) groups is 1. The van der Waals surface area contributed by atoms with Gasteiger partial charge in [-0.2, -0.15) is 55.1 Å². The molecule has 62 heavy (non-hydrogen) atoms. The van der Waals surface area contributed by atoms with Crippen LogP contribution in [0.3, 0.4) is 0 Å². The van der Waals surface area contributed by atoms with E-state index in [1.165, 1.54) is 54.5 Å². The molecule has 7 N–H and O–H groups in total. The first kappa shape index (κ1) is 48.8. The molecule has 28 heteroatoms. The minimum Gasteiger partial charge on any atom is -0.478 e. The van der Waals surface area contributed by atoms with Gasteiger partial charge in [0.1, 0.15) is 21.8 Å². The van der Waals surface area contributed by atoms with Crippen molar-refractivity contribution < 1.29 is 92.3 Å². The molecule has 2 aliphatic heterocycles. The highest BCUT2D eigenvalue weighted by atomic mass is 32.2. The van der Waals surface area contributed by atoms with Crippen LogP contribution in [0.4, 0.5) is 11.4 Å². The summed E-state index contributed by atoms with van der Waals surface area (Å²) in [6, 6.07) is 5.34. The number of rotatable bonds is 16. The minimum atomic E-state index is -5.27. The topological polar surface area (TPSA) is 370 Å². The van der Waals surface area contributed by atoms with Crippen LogP contribution in [0.5, 0.6) is 0 Å². The van der Waals surface area contributed by atoms with Gasteiger partial charge in [-0.25, -0.2) is 4.79 Å². The Morgan fingerprint density at radius 2 is 1.27 bits per heavy atom. The van der Waals surface area contributed by atoms with Crippen molar-refractivity contribution in [3.63, 3.8) is 0 Å². The number of benzene rings is 3. The Morgan fingerprint density at radius 1 is 0.694 bits per heavy atom. The molecule has 1 atom stereocenters. The zero-order chi connectivity index (χ0) is 47.0. The Morgan fingerprint density at radius 3 is 1.79 bits per heavy atom. The maximum atomic E-state index is 12.8. The molecule has 0 fully saturated rings. The van der Waals surface area contributed by atoms with Crippen LogP contribution in [0.2, 0.25) is 0 Å². The maximum absolute atomic E-state index is 12.8. The van der Waals surface area contributed by atoms with E-state index in [-0.39, 0.29) is 70.6 Å². The third-order valence-corrected chi connectivity index (χ3v) is 15.5. The van der Waals surface area contributed by atoms with Gasteiger partial charge in [-0.15, -0.1) is 0 Å². The number of allylic oxidation sites excluding steroid dienone is 4. The van der Waals surface area contributed by atoms with Gasteiger partial charge in [0.25, 0.3) is 60.7 Å². The fourth-order valence-corrected chi connectivity index (χ4v) is 12.3. The van der Waals surface area contributed by atoms with Crippen LogP contribution in [-0.4, -0.2) is 130 Å². The van der Waals surface area contributed by atoms with Crippen LogP contribution < -0.4 is 4.90 Å². The van der Waals surface area contributed by atoms with Gasteiger partial charge in [0.2, 0.25) is 5.69 Å². The molecule has 0 aliphatic carbocycles. The summed E-state index contributed by atoms with van der Waals surface area (Å²) in [5, 5.41) is 9.06. The van der Waals surface area contributed by atoms with Crippen LogP contribution >= 0.6 is 0 Å². The van der Waals surface area contributed by atoms with Gasteiger partial charge in [0.15, 0.2) is 5.71 Å². The van der Waals surface area contributed by atoms with Gasteiger partial charge in [0, 0.05) is 58.4 Å². The molecule has 0 aromatic heterocycles. The second-order valence-electron chi connectivity index (χ2n) is 15.1. The van der Waals surface area contributed by atoms with Crippen molar-refractivity contribution in [3.05, 3.63) is 77.0 Å².